The molecule has 0 unspecified atom stereocenters. The van der Waals surface area contributed by atoms with E-state index in [0.717, 1.165) is 38.9 Å². The van der Waals surface area contributed by atoms with Crippen LogP contribution >= 0.6 is 0 Å². The van der Waals surface area contributed by atoms with Gasteiger partial charge in [0.1, 0.15) is 36.6 Å². The number of benzene rings is 7. The van der Waals surface area contributed by atoms with Crippen LogP contribution in [0.3, 0.4) is 0 Å². The van der Waals surface area contributed by atoms with Crippen molar-refractivity contribution in [3.05, 3.63) is 263 Å². The van der Waals surface area contributed by atoms with E-state index in [1.165, 1.54) is 4.90 Å². The summed E-state index contributed by atoms with van der Waals surface area (Å²) in [6, 6.07) is 65.4. The zero-order valence-corrected chi connectivity index (χ0v) is 39.9. The van der Waals surface area contributed by atoms with Crippen molar-refractivity contribution in [3.63, 3.8) is 0 Å². The highest BCUT2D eigenvalue weighted by Crippen LogP contribution is 2.41. The van der Waals surface area contributed by atoms with Gasteiger partial charge in [0, 0.05) is 38.0 Å². The summed E-state index contributed by atoms with van der Waals surface area (Å²) in [5.41, 5.74) is 6.01. The molecular formula is C60H59N5O5. The molecule has 2 N–H and O–H groups in total. The molecule has 8 aromatic rings. The summed E-state index contributed by atoms with van der Waals surface area (Å²) in [7, 11) is 1.61. The van der Waals surface area contributed by atoms with E-state index in [0.29, 0.717) is 24.6 Å². The van der Waals surface area contributed by atoms with Crippen molar-refractivity contribution in [3.8, 4) is 5.75 Å². The van der Waals surface area contributed by atoms with Gasteiger partial charge in [-0.3, -0.25) is 9.59 Å². The summed E-state index contributed by atoms with van der Waals surface area (Å²) in [6.07, 6.45) is 3.11. The lowest BCUT2D eigenvalue weighted by Crippen LogP contribution is -2.56. The summed E-state index contributed by atoms with van der Waals surface area (Å²) >= 11 is 0. The zero-order chi connectivity index (χ0) is 48.8. The molecule has 2 atom stereocenters. The van der Waals surface area contributed by atoms with Gasteiger partial charge in [0.2, 0.25) is 11.8 Å². The maximum Gasteiger partial charge on any atom is 0.408 e. The number of ether oxygens (including phenoxy) is 2. The number of carbonyl (C=O) groups is 3. The van der Waals surface area contributed by atoms with Gasteiger partial charge in [0.25, 0.3) is 0 Å². The molecule has 0 saturated heterocycles. The fourth-order valence-corrected chi connectivity index (χ4v) is 8.86. The minimum Gasteiger partial charge on any atom is -0.489 e. The Morgan fingerprint density at radius 2 is 1.06 bits per heavy atom. The Balaban J connectivity index is 1.11. The molecule has 0 radical (unpaired) electrons. The lowest BCUT2D eigenvalue weighted by atomic mass is 9.77. The Morgan fingerprint density at radius 1 is 0.586 bits per heavy atom. The molecule has 0 aliphatic rings. The molecule has 0 spiro atoms. The van der Waals surface area contributed by atoms with Crippen LogP contribution in [-0.4, -0.2) is 58.0 Å². The van der Waals surface area contributed by atoms with E-state index < -0.39 is 35.0 Å². The molecular weight excluding hydrogens is 871 g/mol. The number of alkyl carbamates (subject to hydrolysis) is 1. The van der Waals surface area contributed by atoms with Gasteiger partial charge in [-0.1, -0.05) is 208 Å². The van der Waals surface area contributed by atoms with Crippen LogP contribution in [0.25, 0.3) is 0 Å². The lowest BCUT2D eigenvalue weighted by Gasteiger charge is -2.37. The van der Waals surface area contributed by atoms with Crippen molar-refractivity contribution in [1.29, 1.82) is 0 Å². The predicted octanol–water partition coefficient (Wildman–Crippen LogP) is 10.3. The van der Waals surface area contributed by atoms with Crippen molar-refractivity contribution in [2.24, 2.45) is 0 Å². The number of hydrogen-bond acceptors (Lipinski definition) is 6. The zero-order valence-electron chi connectivity index (χ0n) is 39.9. The Kier molecular flexibility index (Phi) is 15.6. The van der Waals surface area contributed by atoms with Crippen molar-refractivity contribution < 1.29 is 23.9 Å². The van der Waals surface area contributed by atoms with Crippen molar-refractivity contribution in [2.75, 3.05) is 13.6 Å². The lowest BCUT2D eigenvalue weighted by molar-refractivity contribution is -0.140. The van der Waals surface area contributed by atoms with Gasteiger partial charge < -0.3 is 29.6 Å². The molecule has 0 fully saturated rings. The molecule has 0 aliphatic carbocycles. The molecule has 0 bridgehead atoms. The van der Waals surface area contributed by atoms with Crippen molar-refractivity contribution in [2.45, 2.75) is 62.9 Å². The highest BCUT2D eigenvalue weighted by molar-refractivity contribution is 5.91. The molecule has 10 nitrogen and oxygen atoms in total. The Bertz CT molecular complexity index is 2800. The summed E-state index contributed by atoms with van der Waals surface area (Å²) in [5, 5.41) is 6.06. The third-order valence-electron chi connectivity index (χ3n) is 12.8. The minimum atomic E-state index is -1.18. The van der Waals surface area contributed by atoms with E-state index >= 15 is 4.79 Å². The number of nitrogens with one attached hydrogen (secondary N) is 2. The second-order valence-corrected chi connectivity index (χ2v) is 18.1. The normalized spacial score (nSPS) is 12.3. The largest absolute Gasteiger partial charge is 0.489 e. The fraction of sp³-hybridized carbons (Fsp3) is 0.200. The van der Waals surface area contributed by atoms with E-state index in [1.807, 2.05) is 176 Å². The van der Waals surface area contributed by atoms with Gasteiger partial charge in [0.15, 0.2) is 0 Å². The molecule has 354 valence electrons. The van der Waals surface area contributed by atoms with Crippen LogP contribution in [0, 0.1) is 0 Å². The first-order chi connectivity index (χ1) is 34.1. The van der Waals surface area contributed by atoms with E-state index in [9.17, 15) is 9.59 Å². The first-order valence-corrected chi connectivity index (χ1v) is 23.6. The quantitative estimate of drug-likeness (QED) is 0.0736. The average molecular weight is 930 g/mol. The molecule has 8 rings (SSSR count). The first kappa shape index (κ1) is 48.2. The van der Waals surface area contributed by atoms with Gasteiger partial charge >= 0.3 is 6.09 Å². The van der Waals surface area contributed by atoms with Gasteiger partial charge in [-0.25, -0.2) is 9.78 Å². The summed E-state index contributed by atoms with van der Waals surface area (Å²) in [6.45, 7) is 4.87. The van der Waals surface area contributed by atoms with Crippen LogP contribution in [0.5, 0.6) is 5.75 Å². The van der Waals surface area contributed by atoms with E-state index in [1.54, 1.807) is 13.4 Å². The Morgan fingerprint density at radius 3 is 1.57 bits per heavy atom. The topological polar surface area (TPSA) is 115 Å². The van der Waals surface area contributed by atoms with Crippen LogP contribution in [0.15, 0.2) is 219 Å². The van der Waals surface area contributed by atoms with Crippen molar-refractivity contribution in [1.82, 2.24) is 25.1 Å². The average Bonchev–Trinajstić information content (AvgIpc) is 3.88. The molecule has 1 aromatic heterocycles. The number of hydrogen-bond donors (Lipinski definition) is 2. The number of aromatic nitrogens is 2. The Hall–Kier alpha value is -8.24. The molecule has 1 heterocycles. The van der Waals surface area contributed by atoms with Crippen LogP contribution in [-0.2, 0) is 51.3 Å². The number of carbonyl (C=O) groups excluding carboxylic acids is 3. The number of amides is 3. The Labute approximate surface area is 411 Å². The SMILES string of the molecule is CN(C(=O)[C@H](Cc1cn(C(c2ccccc2)(c2ccccc2)c2ccccc2)cn1)NC(=O)OCc1ccccc1)[C@@H](Cc1ccc(OCc2ccccc2)cc1)C(=O)NCC(C)(C)c1ccccc1. The third-order valence-corrected chi connectivity index (χ3v) is 12.8. The number of nitrogens with zero attached hydrogens (tertiary/aromatic N) is 3. The molecule has 0 saturated carbocycles. The van der Waals surface area contributed by atoms with E-state index in [2.05, 4.69) is 65.4 Å². The first-order valence-electron chi connectivity index (χ1n) is 23.6. The maximum absolute atomic E-state index is 15.2. The molecule has 70 heavy (non-hydrogen) atoms. The van der Waals surface area contributed by atoms with Gasteiger partial charge in [0.05, 0.1) is 12.0 Å². The maximum atomic E-state index is 15.2. The summed E-state index contributed by atoms with van der Waals surface area (Å²) in [5.74, 6) is -0.148. The second-order valence-electron chi connectivity index (χ2n) is 18.1. The smallest absolute Gasteiger partial charge is 0.408 e. The van der Waals surface area contributed by atoms with Crippen LogP contribution < -0.4 is 15.4 Å². The second kappa shape index (κ2) is 22.7. The molecule has 10 heteroatoms. The highest BCUT2D eigenvalue weighted by Gasteiger charge is 2.39. The number of imidazole rings is 1. The van der Waals surface area contributed by atoms with Gasteiger partial charge in [-0.2, -0.15) is 0 Å². The fourth-order valence-electron chi connectivity index (χ4n) is 8.86. The summed E-state index contributed by atoms with van der Waals surface area (Å²) < 4.78 is 13.8. The number of rotatable bonds is 20. The van der Waals surface area contributed by atoms with Crippen molar-refractivity contribution >= 4 is 17.9 Å². The van der Waals surface area contributed by atoms with Crippen LogP contribution in [0.4, 0.5) is 4.79 Å². The predicted molar refractivity (Wildman–Crippen MR) is 274 cm³/mol. The molecule has 3 amide bonds. The van der Waals surface area contributed by atoms with E-state index in [-0.39, 0.29) is 25.4 Å². The summed E-state index contributed by atoms with van der Waals surface area (Å²) in [4.78, 5) is 49.9. The number of likely N-dealkylation sites (N-methyl/N-ethyl adjacent to an activating group) is 1. The van der Waals surface area contributed by atoms with Crippen LogP contribution in [0.1, 0.15) is 58.5 Å². The molecule has 0 aliphatic heterocycles. The van der Waals surface area contributed by atoms with Crippen LogP contribution in [0.2, 0.25) is 0 Å². The monoisotopic (exact) mass is 929 g/mol. The van der Waals surface area contributed by atoms with Gasteiger partial charge in [-0.15, -0.1) is 0 Å². The highest BCUT2D eigenvalue weighted by atomic mass is 16.5. The standard InChI is InChI=1S/C60H59N5O5/c1-59(2,48-26-14-6-15-27-48)43-61-56(66)55(38-45-34-36-53(37-35-45)69-41-46-22-10-4-11-23-46)64(3)57(67)54(63-58(68)70-42-47-24-12-5-13-25-47)39-52-40-65(44-62-52)60(49-28-16-7-17-29-49,50-30-18-8-19-31-50)51-32-20-9-21-33-51/h4-37,40,44,54-55H,38-39,41-43H2,1-3H3,(H,61,66)(H,63,68)/t54-,55-/m0/s1. The van der Waals surface area contributed by atoms with E-state index in [4.69, 9.17) is 14.5 Å². The third kappa shape index (κ3) is 11.7. The van der Waals surface area contributed by atoms with Gasteiger partial charge in [-0.05, 0) is 51.1 Å². The molecule has 7 aromatic carbocycles. The minimum absolute atomic E-state index is 0.000907.